The zero-order valence-corrected chi connectivity index (χ0v) is 22.5. The number of nitrogens with zero attached hydrogens (tertiary/aromatic N) is 1. The molecule has 40 heavy (non-hydrogen) atoms. The molecule has 3 aromatic rings. The molecule has 10 heteroatoms. The van der Waals surface area contributed by atoms with Gasteiger partial charge < -0.3 is 24.3 Å². The smallest absolute Gasteiger partial charge is 0.294 e. The predicted molar refractivity (Wildman–Crippen MR) is 152 cm³/mol. The molecule has 0 bridgehead atoms. The van der Waals surface area contributed by atoms with Gasteiger partial charge in [-0.05, 0) is 59.7 Å². The van der Waals surface area contributed by atoms with Crippen molar-refractivity contribution in [3.63, 3.8) is 0 Å². The Bertz CT molecular complexity index is 1500. The fourth-order valence-corrected chi connectivity index (χ4v) is 5.06. The van der Waals surface area contributed by atoms with E-state index in [4.69, 9.17) is 18.9 Å². The second-order valence-electron chi connectivity index (χ2n) is 8.86. The highest BCUT2D eigenvalue weighted by atomic mass is 32.2. The summed E-state index contributed by atoms with van der Waals surface area (Å²) in [5.74, 6) is 1.09. The predicted octanol–water partition coefficient (Wildman–Crippen LogP) is 5.41. The van der Waals surface area contributed by atoms with Crippen molar-refractivity contribution in [3.05, 3.63) is 94.9 Å². The van der Waals surface area contributed by atoms with Gasteiger partial charge in [0.1, 0.15) is 13.2 Å². The Labute approximate surface area is 235 Å². The van der Waals surface area contributed by atoms with Gasteiger partial charge >= 0.3 is 0 Å². The summed E-state index contributed by atoms with van der Waals surface area (Å²) in [6, 6.07) is 18.3. The molecule has 3 aromatic carbocycles. The van der Waals surface area contributed by atoms with Crippen LogP contribution in [0.5, 0.6) is 23.0 Å². The number of ether oxygens (including phenoxy) is 4. The quantitative estimate of drug-likeness (QED) is 0.260. The zero-order chi connectivity index (χ0) is 28.1. The number of hydrogen-bond acceptors (Lipinski definition) is 8. The summed E-state index contributed by atoms with van der Waals surface area (Å²) < 4.78 is 22.3. The number of methoxy groups -OCH3 is 1. The normalized spacial score (nSPS) is 14.9. The number of thioether (sulfide) groups is 1. The van der Waals surface area contributed by atoms with Crippen LogP contribution in [-0.4, -0.2) is 42.4 Å². The monoisotopic (exact) mass is 558 g/mol. The van der Waals surface area contributed by atoms with Gasteiger partial charge in [-0.15, -0.1) is 6.58 Å². The maximum atomic E-state index is 13.1. The molecule has 0 spiro atoms. The van der Waals surface area contributed by atoms with Crippen molar-refractivity contribution < 1.29 is 33.3 Å². The maximum absolute atomic E-state index is 13.1. The van der Waals surface area contributed by atoms with Crippen LogP contribution in [0.4, 0.5) is 10.5 Å². The second kappa shape index (κ2) is 12.0. The lowest BCUT2D eigenvalue weighted by Gasteiger charge is -2.16. The molecule has 2 heterocycles. The average molecular weight is 559 g/mol. The number of fused-ring (bicyclic) bond motifs is 1. The molecular formula is C30H26N2O7S. The van der Waals surface area contributed by atoms with E-state index in [1.165, 1.54) is 0 Å². The molecule has 5 rings (SSSR count). The van der Waals surface area contributed by atoms with Crippen LogP contribution in [0.15, 0.2) is 78.2 Å². The molecule has 3 amide bonds. The van der Waals surface area contributed by atoms with Gasteiger partial charge in [-0.1, -0.05) is 36.4 Å². The molecule has 0 unspecified atom stereocenters. The van der Waals surface area contributed by atoms with Crippen LogP contribution in [0.25, 0.3) is 6.08 Å². The van der Waals surface area contributed by atoms with Crippen molar-refractivity contribution in [2.45, 2.75) is 13.0 Å². The summed E-state index contributed by atoms with van der Waals surface area (Å²) >= 11 is 0.775. The SMILES string of the molecule is C=CCc1cc(/C=C2\SC(=O)N(CC(=O)Nc3ccc4c(c3)OCO4)C2=O)cc(OC)c1OCc1ccccc1. The summed E-state index contributed by atoms with van der Waals surface area (Å²) in [5.41, 5.74) is 2.94. The molecule has 1 saturated heterocycles. The first-order valence-corrected chi connectivity index (χ1v) is 13.2. The van der Waals surface area contributed by atoms with E-state index in [0.717, 1.165) is 27.8 Å². The first-order valence-electron chi connectivity index (χ1n) is 12.4. The molecule has 0 aliphatic carbocycles. The molecule has 2 aliphatic heterocycles. The standard InChI is InChI=1S/C30H26N2O7S/c1-3-7-21-12-20(13-25(36-2)28(21)37-17-19-8-5-4-6-9-19)14-26-29(34)32(30(35)40-26)16-27(33)31-22-10-11-23-24(15-22)39-18-38-23/h3-6,8-15H,1,7,16-18H2,2H3,(H,31,33)/b26-14-. The first-order chi connectivity index (χ1) is 19.4. The van der Waals surface area contributed by atoms with Crippen molar-refractivity contribution in [2.24, 2.45) is 0 Å². The topological polar surface area (TPSA) is 103 Å². The number of allylic oxidation sites excluding steroid dienone is 1. The third-order valence-electron chi connectivity index (χ3n) is 6.09. The Balaban J connectivity index is 1.31. The van der Waals surface area contributed by atoms with Gasteiger partial charge in [0.2, 0.25) is 12.7 Å². The lowest BCUT2D eigenvalue weighted by Crippen LogP contribution is -2.36. The molecule has 204 valence electrons. The molecular weight excluding hydrogens is 532 g/mol. The zero-order valence-electron chi connectivity index (χ0n) is 21.7. The highest BCUT2D eigenvalue weighted by Crippen LogP contribution is 2.38. The average Bonchev–Trinajstić information content (AvgIpc) is 3.52. The molecule has 2 aliphatic rings. The Morgan fingerprint density at radius 3 is 2.67 bits per heavy atom. The first kappa shape index (κ1) is 26.9. The number of hydrogen-bond donors (Lipinski definition) is 1. The number of anilines is 1. The minimum atomic E-state index is -0.551. The van der Waals surface area contributed by atoms with Crippen LogP contribution in [0, 0.1) is 0 Å². The van der Waals surface area contributed by atoms with E-state index in [1.807, 2.05) is 36.4 Å². The van der Waals surface area contributed by atoms with Crippen molar-refractivity contribution >= 4 is 40.6 Å². The van der Waals surface area contributed by atoms with Crippen molar-refractivity contribution in [1.29, 1.82) is 0 Å². The molecule has 0 saturated carbocycles. The third kappa shape index (κ3) is 5.97. The molecule has 1 fully saturated rings. The van der Waals surface area contributed by atoms with Crippen molar-refractivity contribution in [3.8, 4) is 23.0 Å². The molecule has 1 N–H and O–H groups in total. The Morgan fingerprint density at radius 1 is 1.10 bits per heavy atom. The van der Waals surface area contributed by atoms with Crippen LogP contribution >= 0.6 is 11.8 Å². The second-order valence-corrected chi connectivity index (χ2v) is 9.86. The summed E-state index contributed by atoms with van der Waals surface area (Å²) in [6.07, 6.45) is 3.86. The Morgan fingerprint density at radius 2 is 1.90 bits per heavy atom. The van der Waals surface area contributed by atoms with Gasteiger partial charge in [-0.25, -0.2) is 0 Å². The summed E-state index contributed by atoms with van der Waals surface area (Å²) in [7, 11) is 1.54. The number of amides is 3. The fourth-order valence-electron chi connectivity index (χ4n) is 4.23. The Kier molecular flexibility index (Phi) is 8.07. The number of carbonyl (C=O) groups excluding carboxylic acids is 3. The highest BCUT2D eigenvalue weighted by Gasteiger charge is 2.36. The lowest BCUT2D eigenvalue weighted by atomic mass is 10.0. The van der Waals surface area contributed by atoms with Gasteiger partial charge in [0.15, 0.2) is 23.0 Å². The summed E-state index contributed by atoms with van der Waals surface area (Å²) in [5, 5.41) is 2.15. The summed E-state index contributed by atoms with van der Waals surface area (Å²) in [6.45, 7) is 3.88. The minimum Gasteiger partial charge on any atom is -0.493 e. The van der Waals surface area contributed by atoms with Gasteiger partial charge in [0.05, 0.1) is 12.0 Å². The van der Waals surface area contributed by atoms with E-state index >= 15 is 0 Å². The summed E-state index contributed by atoms with van der Waals surface area (Å²) in [4.78, 5) is 39.5. The van der Waals surface area contributed by atoms with E-state index in [9.17, 15) is 14.4 Å². The lowest BCUT2D eigenvalue weighted by molar-refractivity contribution is -0.127. The van der Waals surface area contributed by atoms with Crippen molar-refractivity contribution in [1.82, 2.24) is 4.90 Å². The van der Waals surface area contributed by atoms with Crippen LogP contribution in [0.2, 0.25) is 0 Å². The van der Waals surface area contributed by atoms with E-state index < -0.39 is 23.6 Å². The third-order valence-corrected chi connectivity index (χ3v) is 7.00. The van der Waals surface area contributed by atoms with Crippen LogP contribution in [-0.2, 0) is 22.6 Å². The number of rotatable bonds is 10. The Hall–Kier alpha value is -4.70. The van der Waals surface area contributed by atoms with E-state index in [-0.39, 0.29) is 11.7 Å². The largest absolute Gasteiger partial charge is 0.493 e. The van der Waals surface area contributed by atoms with Gasteiger partial charge in [0.25, 0.3) is 11.1 Å². The molecule has 0 atom stereocenters. The van der Waals surface area contributed by atoms with Crippen LogP contribution in [0.1, 0.15) is 16.7 Å². The number of benzene rings is 3. The van der Waals surface area contributed by atoms with Gasteiger partial charge in [-0.2, -0.15) is 0 Å². The van der Waals surface area contributed by atoms with E-state index in [2.05, 4.69) is 11.9 Å². The van der Waals surface area contributed by atoms with Gasteiger partial charge in [-0.3, -0.25) is 19.3 Å². The number of carbonyl (C=O) groups is 3. The van der Waals surface area contributed by atoms with Crippen molar-refractivity contribution in [2.75, 3.05) is 25.8 Å². The van der Waals surface area contributed by atoms with Crippen LogP contribution in [0.3, 0.4) is 0 Å². The highest BCUT2D eigenvalue weighted by molar-refractivity contribution is 8.18. The maximum Gasteiger partial charge on any atom is 0.294 e. The minimum absolute atomic E-state index is 0.111. The molecule has 0 aromatic heterocycles. The van der Waals surface area contributed by atoms with Gasteiger partial charge in [0, 0.05) is 17.3 Å². The van der Waals surface area contributed by atoms with E-state index in [0.29, 0.717) is 47.3 Å². The number of imide groups is 1. The molecule has 0 radical (unpaired) electrons. The number of nitrogens with one attached hydrogen (secondary N) is 1. The van der Waals surface area contributed by atoms with E-state index in [1.54, 1.807) is 43.5 Å². The molecule has 9 nitrogen and oxygen atoms in total. The fraction of sp³-hybridized carbons (Fsp3) is 0.167. The van der Waals surface area contributed by atoms with Crippen LogP contribution < -0.4 is 24.3 Å².